The van der Waals surface area contributed by atoms with E-state index in [9.17, 15) is 4.79 Å². The van der Waals surface area contributed by atoms with Crippen LogP contribution in [0.4, 0.5) is 0 Å². The maximum atomic E-state index is 11.8. The van der Waals surface area contributed by atoms with Crippen molar-refractivity contribution in [3.05, 3.63) is 29.6 Å². The van der Waals surface area contributed by atoms with Gasteiger partial charge in [0, 0.05) is 25.3 Å². The van der Waals surface area contributed by atoms with Crippen molar-refractivity contribution in [2.45, 2.75) is 25.6 Å². The molecule has 0 aliphatic carbocycles. The summed E-state index contributed by atoms with van der Waals surface area (Å²) in [5.74, 6) is 0.438. The smallest absolute Gasteiger partial charge is 0.269 e. The summed E-state index contributed by atoms with van der Waals surface area (Å²) in [6, 6.07) is 5.19. The molecular weight excluding hydrogens is 248 g/mol. The lowest BCUT2D eigenvalue weighted by atomic mass is 9.57. The molecule has 6 heteroatoms. The first kappa shape index (κ1) is 15.1. The van der Waals surface area contributed by atoms with Gasteiger partial charge in [-0.1, -0.05) is 19.4 Å². The highest BCUT2D eigenvalue weighted by Crippen LogP contribution is 2.30. The quantitative estimate of drug-likeness (QED) is 0.795. The van der Waals surface area contributed by atoms with Gasteiger partial charge in [0.1, 0.15) is 5.69 Å². The van der Waals surface area contributed by atoms with Crippen molar-refractivity contribution < 1.29 is 4.79 Å². The average Bonchev–Trinajstić information content (AvgIpc) is 2.38. The summed E-state index contributed by atoms with van der Waals surface area (Å²) in [7, 11) is 12.4. The van der Waals surface area contributed by atoms with Crippen molar-refractivity contribution in [2.24, 2.45) is 5.92 Å². The maximum absolute atomic E-state index is 11.8. The molecular formula is C14H19B2N3O. The lowest BCUT2D eigenvalue weighted by molar-refractivity contribution is 0.0618. The fourth-order valence-electron chi connectivity index (χ4n) is 2.33. The molecule has 1 fully saturated rings. The molecule has 0 unspecified atom stereocenters. The van der Waals surface area contributed by atoms with E-state index in [0.717, 1.165) is 19.5 Å². The third-order valence-electron chi connectivity index (χ3n) is 3.79. The first-order chi connectivity index (χ1) is 9.48. The predicted octanol–water partition coefficient (Wildman–Crippen LogP) is 0.620. The number of amides is 1. The monoisotopic (exact) mass is 267 g/mol. The topological polar surface area (TPSA) is 45.2 Å². The van der Waals surface area contributed by atoms with Crippen molar-refractivity contribution in [3.63, 3.8) is 0 Å². The van der Waals surface area contributed by atoms with E-state index in [0.29, 0.717) is 23.9 Å². The number of nitrogens with zero attached hydrogens (tertiary/aromatic N) is 2. The summed E-state index contributed by atoms with van der Waals surface area (Å²) in [6.45, 7) is 6.33. The van der Waals surface area contributed by atoms with Gasteiger partial charge >= 0.3 is 0 Å². The number of nitrogens with one attached hydrogen (secondary N) is 1. The summed E-state index contributed by atoms with van der Waals surface area (Å²) < 4.78 is 0. The SMILES string of the molecule is [B]C([B])(c1cccc(C(=O)NCC)n1)N1CC(CC)C1. The number of carbonyl (C=O) groups excluding carboxylic acids is 1. The minimum absolute atomic E-state index is 0.208. The Hall–Kier alpha value is -1.29. The molecule has 0 aromatic carbocycles. The molecule has 2 heterocycles. The molecule has 1 aromatic rings. The van der Waals surface area contributed by atoms with Crippen molar-refractivity contribution in [2.75, 3.05) is 19.6 Å². The zero-order chi connectivity index (χ0) is 14.8. The standard InChI is InChI=1S/C14H19B2N3O/c1-3-10-8-19(9-10)14(15,16)12-7-5-6-11(18-12)13(20)17-4-2/h5-7,10H,3-4,8-9H2,1-2H3,(H,17,20). The van der Waals surface area contributed by atoms with Gasteiger partial charge in [-0.15, -0.1) is 0 Å². The summed E-state index contributed by atoms with van der Waals surface area (Å²) >= 11 is 0. The lowest BCUT2D eigenvalue weighted by Crippen LogP contribution is -2.59. The zero-order valence-corrected chi connectivity index (χ0v) is 12.1. The highest BCUT2D eigenvalue weighted by atomic mass is 16.1. The average molecular weight is 267 g/mol. The minimum Gasteiger partial charge on any atom is -0.351 e. The highest BCUT2D eigenvalue weighted by Gasteiger charge is 2.37. The third kappa shape index (κ3) is 2.90. The van der Waals surface area contributed by atoms with Crippen LogP contribution in [0.25, 0.3) is 0 Å². The molecule has 2 rings (SSSR count). The molecule has 1 saturated heterocycles. The molecule has 0 atom stereocenters. The van der Waals surface area contributed by atoms with Crippen LogP contribution in [0.5, 0.6) is 0 Å². The number of hydrogen-bond acceptors (Lipinski definition) is 3. The van der Waals surface area contributed by atoms with E-state index in [4.69, 9.17) is 15.7 Å². The predicted molar refractivity (Wildman–Crippen MR) is 80.8 cm³/mol. The van der Waals surface area contributed by atoms with Gasteiger partial charge in [-0.2, -0.15) is 0 Å². The van der Waals surface area contributed by atoms with E-state index in [1.807, 2.05) is 11.8 Å². The van der Waals surface area contributed by atoms with E-state index in [1.54, 1.807) is 18.2 Å². The van der Waals surface area contributed by atoms with Crippen molar-refractivity contribution in [1.82, 2.24) is 15.2 Å². The number of likely N-dealkylation sites (tertiary alicyclic amines) is 1. The van der Waals surface area contributed by atoms with E-state index < -0.39 is 5.34 Å². The van der Waals surface area contributed by atoms with Crippen molar-refractivity contribution >= 4 is 21.6 Å². The Balaban J connectivity index is 2.15. The van der Waals surface area contributed by atoms with Crippen LogP contribution in [0.1, 0.15) is 36.5 Å². The van der Waals surface area contributed by atoms with Crippen LogP contribution < -0.4 is 5.32 Å². The van der Waals surface area contributed by atoms with Crippen molar-refractivity contribution in [3.8, 4) is 0 Å². The maximum Gasteiger partial charge on any atom is 0.269 e. The second-order valence-corrected chi connectivity index (χ2v) is 5.27. The minimum atomic E-state index is -1.12. The molecule has 1 aromatic heterocycles. The van der Waals surface area contributed by atoms with Crippen LogP contribution >= 0.6 is 0 Å². The molecule has 1 aliphatic heterocycles. The normalized spacial score (nSPS) is 16.7. The molecule has 20 heavy (non-hydrogen) atoms. The molecule has 102 valence electrons. The van der Waals surface area contributed by atoms with Gasteiger partial charge in [-0.05, 0) is 30.3 Å². The second-order valence-electron chi connectivity index (χ2n) is 5.27. The number of rotatable bonds is 5. The van der Waals surface area contributed by atoms with Crippen LogP contribution in [0.3, 0.4) is 0 Å². The van der Waals surface area contributed by atoms with E-state index in [1.165, 1.54) is 0 Å². The van der Waals surface area contributed by atoms with E-state index >= 15 is 0 Å². The van der Waals surface area contributed by atoms with E-state index in [2.05, 4.69) is 17.2 Å². The molecule has 0 spiro atoms. The van der Waals surface area contributed by atoms with Crippen LogP contribution in [-0.4, -0.2) is 51.1 Å². The van der Waals surface area contributed by atoms with E-state index in [-0.39, 0.29) is 5.91 Å². The number of aromatic nitrogens is 1. The van der Waals surface area contributed by atoms with Crippen LogP contribution in [0.15, 0.2) is 18.2 Å². The summed E-state index contributed by atoms with van der Waals surface area (Å²) in [5.41, 5.74) is 0.869. The van der Waals surface area contributed by atoms with Gasteiger partial charge in [-0.3, -0.25) is 4.79 Å². The Bertz CT molecular complexity index is 487. The lowest BCUT2D eigenvalue weighted by Gasteiger charge is -2.50. The first-order valence-corrected chi connectivity index (χ1v) is 7.07. The van der Waals surface area contributed by atoms with Gasteiger partial charge in [0.25, 0.3) is 5.91 Å². The highest BCUT2D eigenvalue weighted by molar-refractivity contribution is 6.39. The Labute approximate surface area is 123 Å². The fraction of sp³-hybridized carbons (Fsp3) is 0.571. The van der Waals surface area contributed by atoms with Gasteiger partial charge in [0.2, 0.25) is 0 Å². The number of carbonyl (C=O) groups is 1. The van der Waals surface area contributed by atoms with Crippen LogP contribution in [0.2, 0.25) is 0 Å². The van der Waals surface area contributed by atoms with Crippen molar-refractivity contribution in [1.29, 1.82) is 0 Å². The Morgan fingerprint density at radius 3 is 2.75 bits per heavy atom. The molecule has 4 radical (unpaired) electrons. The number of pyridine rings is 1. The summed E-state index contributed by atoms with van der Waals surface area (Å²) in [6.07, 6.45) is 1.12. The molecule has 4 nitrogen and oxygen atoms in total. The van der Waals surface area contributed by atoms with Gasteiger partial charge in [-0.25, -0.2) is 4.98 Å². The Morgan fingerprint density at radius 1 is 1.45 bits per heavy atom. The van der Waals surface area contributed by atoms with Gasteiger partial charge in [0.05, 0.1) is 15.7 Å². The molecule has 1 aliphatic rings. The molecule has 0 bridgehead atoms. The third-order valence-corrected chi connectivity index (χ3v) is 3.79. The van der Waals surface area contributed by atoms with Crippen LogP contribution in [-0.2, 0) is 5.34 Å². The molecule has 1 N–H and O–H groups in total. The molecule has 0 saturated carbocycles. The largest absolute Gasteiger partial charge is 0.351 e. The molecule has 1 amide bonds. The number of hydrogen-bond donors (Lipinski definition) is 1. The van der Waals surface area contributed by atoms with Crippen LogP contribution in [0, 0.1) is 5.92 Å². The zero-order valence-electron chi connectivity index (χ0n) is 12.1. The summed E-state index contributed by atoms with van der Waals surface area (Å²) in [5, 5.41) is 1.60. The van der Waals surface area contributed by atoms with Gasteiger partial charge < -0.3 is 10.2 Å². The second kappa shape index (κ2) is 6.00. The Morgan fingerprint density at radius 2 is 2.15 bits per heavy atom. The summed E-state index contributed by atoms with van der Waals surface area (Å²) in [4.78, 5) is 18.1. The fourth-order valence-corrected chi connectivity index (χ4v) is 2.33. The van der Waals surface area contributed by atoms with Gasteiger partial charge in [0.15, 0.2) is 0 Å². The first-order valence-electron chi connectivity index (χ1n) is 7.07. The Kier molecular flexibility index (Phi) is 4.53.